The second-order valence-electron chi connectivity index (χ2n) is 4.76. The van der Waals surface area contributed by atoms with Crippen LogP contribution in [0.3, 0.4) is 0 Å². The van der Waals surface area contributed by atoms with Crippen molar-refractivity contribution >= 4 is 0 Å². The lowest BCUT2D eigenvalue weighted by molar-refractivity contribution is 0.482. The Kier molecular flexibility index (Phi) is 4.03. The van der Waals surface area contributed by atoms with Crippen LogP contribution in [-0.4, -0.2) is 7.05 Å². The van der Waals surface area contributed by atoms with Crippen molar-refractivity contribution in [3.8, 4) is 11.5 Å². The summed E-state index contributed by atoms with van der Waals surface area (Å²) in [6, 6.07) is 19.9. The van der Waals surface area contributed by atoms with E-state index in [2.05, 4.69) is 17.4 Å². The molecule has 21 heavy (non-hydrogen) atoms. The summed E-state index contributed by atoms with van der Waals surface area (Å²) in [6.07, 6.45) is 3.45. The third-order valence-corrected chi connectivity index (χ3v) is 3.36. The van der Waals surface area contributed by atoms with E-state index in [9.17, 15) is 0 Å². The van der Waals surface area contributed by atoms with Crippen LogP contribution in [0, 0.1) is 0 Å². The minimum Gasteiger partial charge on any atom is -0.472 e. The molecule has 0 saturated heterocycles. The molecule has 1 aromatic heterocycles. The predicted octanol–water partition coefficient (Wildman–Crippen LogP) is 4.38. The average Bonchev–Trinajstić information content (AvgIpc) is 3.05. The number of hydrogen-bond donors (Lipinski definition) is 1. The van der Waals surface area contributed by atoms with E-state index in [4.69, 9.17) is 9.15 Å². The predicted molar refractivity (Wildman–Crippen MR) is 82.6 cm³/mol. The molecule has 0 spiro atoms. The van der Waals surface area contributed by atoms with Crippen LogP contribution in [0.25, 0.3) is 0 Å². The quantitative estimate of drug-likeness (QED) is 0.752. The van der Waals surface area contributed by atoms with Crippen LogP contribution in [0.2, 0.25) is 0 Å². The summed E-state index contributed by atoms with van der Waals surface area (Å²) in [4.78, 5) is 0. The molecule has 3 nitrogen and oxygen atoms in total. The van der Waals surface area contributed by atoms with Crippen molar-refractivity contribution in [2.75, 3.05) is 7.05 Å². The molecule has 3 aromatic rings. The molecule has 106 valence electrons. The molecule has 1 unspecified atom stereocenters. The highest BCUT2D eigenvalue weighted by Gasteiger charge is 2.12. The van der Waals surface area contributed by atoms with Crippen molar-refractivity contribution < 1.29 is 9.15 Å². The highest BCUT2D eigenvalue weighted by Crippen LogP contribution is 2.26. The van der Waals surface area contributed by atoms with Crippen LogP contribution in [-0.2, 0) is 0 Å². The van der Waals surface area contributed by atoms with E-state index >= 15 is 0 Å². The third kappa shape index (κ3) is 3.15. The fourth-order valence-corrected chi connectivity index (χ4v) is 2.32. The van der Waals surface area contributed by atoms with Gasteiger partial charge in [-0.05, 0) is 42.9 Å². The molecule has 0 radical (unpaired) electrons. The Hall–Kier alpha value is -2.52. The van der Waals surface area contributed by atoms with Crippen LogP contribution in [0.4, 0.5) is 0 Å². The van der Waals surface area contributed by atoms with E-state index in [1.807, 2.05) is 55.6 Å². The van der Waals surface area contributed by atoms with E-state index in [0.29, 0.717) is 0 Å². The summed E-state index contributed by atoms with van der Waals surface area (Å²) in [7, 11) is 1.94. The van der Waals surface area contributed by atoms with Gasteiger partial charge in [-0.3, -0.25) is 0 Å². The number of furan rings is 1. The lowest BCUT2D eigenvalue weighted by atomic mass is 10.0. The number of ether oxygens (including phenoxy) is 1. The molecule has 3 rings (SSSR count). The molecule has 0 aliphatic carbocycles. The van der Waals surface area contributed by atoms with Crippen LogP contribution >= 0.6 is 0 Å². The average molecular weight is 279 g/mol. The number of hydrogen-bond acceptors (Lipinski definition) is 3. The summed E-state index contributed by atoms with van der Waals surface area (Å²) in [5.41, 5.74) is 2.27. The third-order valence-electron chi connectivity index (χ3n) is 3.36. The number of para-hydroxylation sites is 1. The highest BCUT2D eigenvalue weighted by atomic mass is 16.5. The van der Waals surface area contributed by atoms with Crippen molar-refractivity contribution in [2.24, 2.45) is 0 Å². The van der Waals surface area contributed by atoms with Gasteiger partial charge in [0.25, 0.3) is 0 Å². The summed E-state index contributed by atoms with van der Waals surface area (Å²) in [5, 5.41) is 3.29. The van der Waals surface area contributed by atoms with Gasteiger partial charge >= 0.3 is 0 Å². The molecule has 0 bridgehead atoms. The largest absolute Gasteiger partial charge is 0.472 e. The van der Waals surface area contributed by atoms with E-state index in [1.54, 1.807) is 12.5 Å². The number of nitrogens with one attached hydrogen (secondary N) is 1. The molecule has 1 atom stereocenters. The highest BCUT2D eigenvalue weighted by molar-refractivity contribution is 5.36. The maximum Gasteiger partial charge on any atom is 0.127 e. The van der Waals surface area contributed by atoms with Crippen LogP contribution < -0.4 is 10.1 Å². The van der Waals surface area contributed by atoms with Gasteiger partial charge in [-0.25, -0.2) is 0 Å². The Bertz CT molecular complexity index is 660. The van der Waals surface area contributed by atoms with Gasteiger partial charge in [0.15, 0.2) is 0 Å². The topological polar surface area (TPSA) is 34.4 Å². The molecule has 1 N–H and O–H groups in total. The number of benzene rings is 2. The van der Waals surface area contributed by atoms with E-state index in [0.717, 1.165) is 17.1 Å². The molecule has 0 aliphatic rings. The molecule has 0 aliphatic heterocycles. The Morgan fingerprint density at radius 2 is 1.57 bits per heavy atom. The van der Waals surface area contributed by atoms with Crippen molar-refractivity contribution in [3.63, 3.8) is 0 Å². The molecule has 0 saturated carbocycles. The van der Waals surface area contributed by atoms with E-state index < -0.39 is 0 Å². The van der Waals surface area contributed by atoms with Gasteiger partial charge < -0.3 is 14.5 Å². The maximum absolute atomic E-state index is 5.80. The van der Waals surface area contributed by atoms with Gasteiger partial charge in [0.05, 0.1) is 18.6 Å². The zero-order valence-corrected chi connectivity index (χ0v) is 11.8. The summed E-state index contributed by atoms with van der Waals surface area (Å²) >= 11 is 0. The monoisotopic (exact) mass is 279 g/mol. The summed E-state index contributed by atoms with van der Waals surface area (Å²) in [6.45, 7) is 0. The summed E-state index contributed by atoms with van der Waals surface area (Å²) in [5.74, 6) is 1.66. The second-order valence-corrected chi connectivity index (χ2v) is 4.76. The standard InChI is InChI=1S/C18H17NO2/c1-19-18(15-11-12-20-13-15)14-7-9-17(10-8-14)21-16-5-3-2-4-6-16/h2-13,18-19H,1H3. The molecule has 0 amide bonds. The fraction of sp³-hybridized carbons (Fsp3) is 0.111. The number of rotatable bonds is 5. The molecule has 1 heterocycles. The zero-order chi connectivity index (χ0) is 14.5. The Labute approximate surface area is 124 Å². The minimum absolute atomic E-state index is 0.120. The first-order valence-electron chi connectivity index (χ1n) is 6.89. The van der Waals surface area contributed by atoms with Crippen molar-refractivity contribution in [1.29, 1.82) is 0 Å². The van der Waals surface area contributed by atoms with Crippen molar-refractivity contribution in [3.05, 3.63) is 84.3 Å². The smallest absolute Gasteiger partial charge is 0.127 e. The van der Waals surface area contributed by atoms with Crippen LogP contribution in [0.5, 0.6) is 11.5 Å². The van der Waals surface area contributed by atoms with E-state index in [1.165, 1.54) is 5.56 Å². The van der Waals surface area contributed by atoms with Gasteiger partial charge in [0.1, 0.15) is 11.5 Å². The van der Waals surface area contributed by atoms with Crippen molar-refractivity contribution in [2.45, 2.75) is 6.04 Å². The second kappa shape index (κ2) is 6.29. The normalized spacial score (nSPS) is 12.0. The SMILES string of the molecule is CNC(c1ccc(Oc2ccccc2)cc1)c1ccoc1. The zero-order valence-electron chi connectivity index (χ0n) is 11.8. The first kappa shape index (κ1) is 13.5. The Morgan fingerprint density at radius 1 is 0.857 bits per heavy atom. The van der Waals surface area contributed by atoms with Gasteiger partial charge in [-0.15, -0.1) is 0 Å². The Balaban J connectivity index is 1.77. The first-order chi connectivity index (χ1) is 10.4. The molecular weight excluding hydrogens is 262 g/mol. The van der Waals surface area contributed by atoms with Crippen LogP contribution in [0.1, 0.15) is 17.2 Å². The molecular formula is C18H17NO2. The summed E-state index contributed by atoms with van der Waals surface area (Å²) < 4.78 is 11.0. The lowest BCUT2D eigenvalue weighted by Gasteiger charge is -2.15. The van der Waals surface area contributed by atoms with E-state index in [-0.39, 0.29) is 6.04 Å². The maximum atomic E-state index is 5.80. The van der Waals surface area contributed by atoms with Crippen LogP contribution in [0.15, 0.2) is 77.6 Å². The fourth-order valence-electron chi connectivity index (χ4n) is 2.32. The van der Waals surface area contributed by atoms with Gasteiger partial charge in [0, 0.05) is 5.56 Å². The van der Waals surface area contributed by atoms with Gasteiger partial charge in [-0.1, -0.05) is 30.3 Å². The molecule has 0 fully saturated rings. The van der Waals surface area contributed by atoms with Gasteiger partial charge in [0.2, 0.25) is 0 Å². The molecule has 3 heteroatoms. The minimum atomic E-state index is 0.120. The molecule has 2 aromatic carbocycles. The van der Waals surface area contributed by atoms with Crippen molar-refractivity contribution in [1.82, 2.24) is 5.32 Å². The first-order valence-corrected chi connectivity index (χ1v) is 6.89. The van der Waals surface area contributed by atoms with Gasteiger partial charge in [-0.2, -0.15) is 0 Å². The Morgan fingerprint density at radius 3 is 2.19 bits per heavy atom. The lowest BCUT2D eigenvalue weighted by Crippen LogP contribution is -2.16.